The van der Waals surface area contributed by atoms with Crippen molar-refractivity contribution in [3.8, 4) is 0 Å². The highest BCUT2D eigenvalue weighted by Crippen LogP contribution is 2.08. The van der Waals surface area contributed by atoms with Crippen LogP contribution in [0.15, 0.2) is 11.5 Å². The molecule has 5 nitrogen and oxygen atoms in total. The second-order valence-electron chi connectivity index (χ2n) is 3.63. The number of nitrogens with zero attached hydrogens (tertiary/aromatic N) is 1. The van der Waals surface area contributed by atoms with Crippen LogP contribution in [0, 0.1) is 6.92 Å². The summed E-state index contributed by atoms with van der Waals surface area (Å²) in [4.78, 5) is 26.0. The van der Waals surface area contributed by atoms with Crippen LogP contribution in [-0.2, 0) is 9.59 Å². The van der Waals surface area contributed by atoms with Gasteiger partial charge in [0.1, 0.15) is 0 Å². The summed E-state index contributed by atoms with van der Waals surface area (Å²) in [7, 11) is 0. The van der Waals surface area contributed by atoms with E-state index >= 15 is 0 Å². The Labute approximate surface area is 103 Å². The zero-order valence-electron chi connectivity index (χ0n) is 9.64. The van der Waals surface area contributed by atoms with Gasteiger partial charge < -0.3 is 10.4 Å². The van der Waals surface area contributed by atoms with Crippen molar-refractivity contribution in [2.45, 2.75) is 26.3 Å². The predicted molar refractivity (Wildman–Crippen MR) is 65.7 cm³/mol. The minimum Gasteiger partial charge on any atom is -0.481 e. The highest BCUT2D eigenvalue weighted by Gasteiger charge is 2.08. The maximum atomic E-state index is 11.4. The first-order chi connectivity index (χ1) is 7.97. The Kier molecular flexibility index (Phi) is 4.84. The molecule has 1 rings (SSSR count). The third kappa shape index (κ3) is 5.26. The molecule has 0 bridgehead atoms. The fourth-order valence-corrected chi connectivity index (χ4v) is 1.80. The molecule has 0 aromatic carbocycles. The van der Waals surface area contributed by atoms with Gasteiger partial charge in [-0.25, -0.2) is 4.98 Å². The summed E-state index contributed by atoms with van der Waals surface area (Å²) < 4.78 is 0. The van der Waals surface area contributed by atoms with Crippen LogP contribution < -0.4 is 5.32 Å². The Balaban J connectivity index is 2.44. The number of rotatable bonds is 5. The fourth-order valence-electron chi connectivity index (χ4n) is 1.22. The maximum Gasteiger partial charge on any atom is 0.305 e. The lowest BCUT2D eigenvalue weighted by Crippen LogP contribution is -2.32. The van der Waals surface area contributed by atoms with E-state index in [1.807, 2.05) is 12.3 Å². The molecule has 1 unspecified atom stereocenters. The van der Waals surface area contributed by atoms with Crippen LogP contribution in [0.2, 0.25) is 0 Å². The Morgan fingerprint density at radius 2 is 2.35 bits per heavy atom. The Hall–Kier alpha value is -1.69. The van der Waals surface area contributed by atoms with Gasteiger partial charge in [-0.15, -0.1) is 11.3 Å². The number of carbonyl (C=O) groups excluding carboxylic acids is 1. The van der Waals surface area contributed by atoms with Gasteiger partial charge in [-0.05, 0) is 19.9 Å². The topological polar surface area (TPSA) is 79.3 Å². The molecule has 1 atom stereocenters. The summed E-state index contributed by atoms with van der Waals surface area (Å²) in [5.41, 5.74) is 0.730. The van der Waals surface area contributed by atoms with Crippen molar-refractivity contribution in [2.75, 3.05) is 0 Å². The Morgan fingerprint density at radius 1 is 1.65 bits per heavy atom. The van der Waals surface area contributed by atoms with E-state index in [-0.39, 0.29) is 18.4 Å². The Morgan fingerprint density at radius 3 is 2.88 bits per heavy atom. The van der Waals surface area contributed by atoms with Gasteiger partial charge in [0, 0.05) is 17.5 Å². The van der Waals surface area contributed by atoms with E-state index in [0.717, 1.165) is 10.7 Å². The van der Waals surface area contributed by atoms with E-state index in [2.05, 4.69) is 10.3 Å². The van der Waals surface area contributed by atoms with E-state index in [1.165, 1.54) is 17.4 Å². The van der Waals surface area contributed by atoms with E-state index in [9.17, 15) is 9.59 Å². The number of carboxylic acids is 1. The first-order valence-electron chi connectivity index (χ1n) is 5.10. The van der Waals surface area contributed by atoms with Gasteiger partial charge in [-0.1, -0.05) is 0 Å². The molecule has 0 aliphatic carbocycles. The van der Waals surface area contributed by atoms with Crippen LogP contribution >= 0.6 is 11.3 Å². The van der Waals surface area contributed by atoms with Crippen molar-refractivity contribution in [3.63, 3.8) is 0 Å². The average molecular weight is 254 g/mol. The van der Waals surface area contributed by atoms with Crippen LogP contribution in [0.3, 0.4) is 0 Å². The molecule has 92 valence electrons. The first kappa shape index (κ1) is 13.4. The van der Waals surface area contributed by atoms with E-state index < -0.39 is 5.97 Å². The molecule has 1 aromatic heterocycles. The quantitative estimate of drug-likeness (QED) is 0.779. The standard InChI is InChI=1S/C11H14N2O3S/c1-7(5-11(15)16)12-10(14)4-3-9-6-17-8(2)13-9/h3-4,6-7H,5H2,1-2H3,(H,12,14)(H,15,16)/b4-3+. The van der Waals surface area contributed by atoms with Crippen molar-refractivity contribution in [3.05, 3.63) is 22.2 Å². The van der Waals surface area contributed by atoms with E-state index in [0.29, 0.717) is 0 Å². The van der Waals surface area contributed by atoms with Crippen molar-refractivity contribution < 1.29 is 14.7 Å². The number of carbonyl (C=O) groups is 2. The number of carboxylic acid groups (broad SMARTS) is 1. The zero-order chi connectivity index (χ0) is 12.8. The summed E-state index contributed by atoms with van der Waals surface area (Å²) in [6, 6.07) is -0.387. The molecule has 0 aliphatic heterocycles. The highest BCUT2D eigenvalue weighted by molar-refractivity contribution is 7.09. The molecule has 0 saturated carbocycles. The molecular weight excluding hydrogens is 240 g/mol. The van der Waals surface area contributed by atoms with E-state index in [1.54, 1.807) is 13.0 Å². The number of aryl methyl sites for hydroxylation is 1. The number of amides is 1. The van der Waals surface area contributed by atoms with Gasteiger partial charge >= 0.3 is 5.97 Å². The normalized spacial score (nSPS) is 12.6. The molecule has 0 radical (unpaired) electrons. The molecule has 0 aliphatic rings. The second kappa shape index (κ2) is 6.15. The smallest absolute Gasteiger partial charge is 0.305 e. The number of aliphatic carboxylic acids is 1. The summed E-state index contributed by atoms with van der Waals surface area (Å²) in [6.45, 7) is 3.53. The molecule has 1 aromatic rings. The number of hydrogen-bond acceptors (Lipinski definition) is 4. The largest absolute Gasteiger partial charge is 0.481 e. The third-order valence-electron chi connectivity index (χ3n) is 1.91. The molecule has 1 amide bonds. The number of aromatic nitrogens is 1. The van der Waals surface area contributed by atoms with Gasteiger partial charge in [-0.2, -0.15) is 0 Å². The summed E-state index contributed by atoms with van der Waals surface area (Å²) in [5, 5.41) is 13.9. The number of nitrogens with one attached hydrogen (secondary N) is 1. The van der Waals surface area contributed by atoms with Gasteiger partial charge in [-0.3, -0.25) is 9.59 Å². The lowest BCUT2D eigenvalue weighted by Gasteiger charge is -2.08. The van der Waals surface area contributed by atoms with Crippen LogP contribution in [0.4, 0.5) is 0 Å². The van der Waals surface area contributed by atoms with Crippen molar-refractivity contribution in [1.82, 2.24) is 10.3 Å². The maximum absolute atomic E-state index is 11.4. The lowest BCUT2D eigenvalue weighted by atomic mass is 10.2. The highest BCUT2D eigenvalue weighted by atomic mass is 32.1. The minimum absolute atomic E-state index is 0.0879. The summed E-state index contributed by atoms with van der Waals surface area (Å²) >= 11 is 1.51. The van der Waals surface area contributed by atoms with Gasteiger partial charge in [0.15, 0.2) is 0 Å². The van der Waals surface area contributed by atoms with Crippen LogP contribution in [0.5, 0.6) is 0 Å². The molecule has 0 spiro atoms. The third-order valence-corrected chi connectivity index (χ3v) is 2.70. The first-order valence-corrected chi connectivity index (χ1v) is 5.98. The van der Waals surface area contributed by atoms with Crippen LogP contribution in [0.25, 0.3) is 6.08 Å². The predicted octanol–water partition coefficient (Wildman–Crippen LogP) is 1.44. The Bertz CT molecular complexity index is 440. The SMILES string of the molecule is Cc1nc(/C=C/C(=O)NC(C)CC(=O)O)cs1. The number of hydrogen-bond donors (Lipinski definition) is 2. The lowest BCUT2D eigenvalue weighted by molar-refractivity contribution is -0.137. The monoisotopic (exact) mass is 254 g/mol. The van der Waals surface area contributed by atoms with Crippen LogP contribution in [-0.4, -0.2) is 28.0 Å². The summed E-state index contributed by atoms with van der Waals surface area (Å²) in [5.74, 6) is -1.25. The summed E-state index contributed by atoms with van der Waals surface area (Å²) in [6.07, 6.45) is 2.87. The van der Waals surface area contributed by atoms with Crippen molar-refractivity contribution in [1.29, 1.82) is 0 Å². The van der Waals surface area contributed by atoms with Crippen molar-refractivity contribution >= 4 is 29.3 Å². The molecular formula is C11H14N2O3S. The molecule has 1 heterocycles. The zero-order valence-corrected chi connectivity index (χ0v) is 10.5. The average Bonchev–Trinajstić information content (AvgIpc) is 2.59. The molecule has 6 heteroatoms. The number of thiazole rings is 1. The molecule has 17 heavy (non-hydrogen) atoms. The van der Waals surface area contributed by atoms with Gasteiger partial charge in [0.2, 0.25) is 5.91 Å². The second-order valence-corrected chi connectivity index (χ2v) is 4.69. The van der Waals surface area contributed by atoms with Crippen molar-refractivity contribution in [2.24, 2.45) is 0 Å². The van der Waals surface area contributed by atoms with Gasteiger partial charge in [0.25, 0.3) is 0 Å². The minimum atomic E-state index is -0.933. The van der Waals surface area contributed by atoms with Crippen LogP contribution in [0.1, 0.15) is 24.0 Å². The molecule has 0 saturated heterocycles. The van der Waals surface area contributed by atoms with E-state index in [4.69, 9.17) is 5.11 Å². The molecule has 2 N–H and O–H groups in total. The van der Waals surface area contributed by atoms with Gasteiger partial charge in [0.05, 0.1) is 17.1 Å². The fraction of sp³-hybridized carbons (Fsp3) is 0.364. The molecule has 0 fully saturated rings.